The molecule has 88 valence electrons. The van der Waals surface area contributed by atoms with E-state index in [2.05, 4.69) is 0 Å². The Balaban J connectivity index is 2.62. The van der Waals surface area contributed by atoms with E-state index in [9.17, 15) is 4.79 Å². The van der Waals surface area contributed by atoms with Crippen molar-refractivity contribution in [2.24, 2.45) is 11.7 Å². The van der Waals surface area contributed by atoms with Gasteiger partial charge in [-0.2, -0.15) is 0 Å². The van der Waals surface area contributed by atoms with E-state index in [1.807, 2.05) is 11.9 Å². The van der Waals surface area contributed by atoms with Gasteiger partial charge in [-0.25, -0.2) is 0 Å². The van der Waals surface area contributed by atoms with Gasteiger partial charge in [-0.15, -0.1) is 0 Å². The summed E-state index contributed by atoms with van der Waals surface area (Å²) in [6, 6.07) is -0.0722. The predicted molar refractivity (Wildman–Crippen MR) is 59.7 cm³/mol. The SMILES string of the molecule is CC(C(=O)O)N(C)C1CCCCC1CN. The fraction of sp³-hybridized carbons (Fsp3) is 0.909. The van der Waals surface area contributed by atoms with Crippen LogP contribution in [-0.2, 0) is 4.79 Å². The maximum Gasteiger partial charge on any atom is 0.320 e. The van der Waals surface area contributed by atoms with E-state index in [0.717, 1.165) is 12.8 Å². The Bertz CT molecular complexity index is 221. The summed E-state index contributed by atoms with van der Waals surface area (Å²) < 4.78 is 0. The minimum atomic E-state index is -0.751. The Kier molecular flexibility index (Phi) is 4.54. The van der Waals surface area contributed by atoms with Crippen molar-refractivity contribution in [3.63, 3.8) is 0 Å². The number of carboxylic acid groups (broad SMARTS) is 1. The van der Waals surface area contributed by atoms with E-state index in [-0.39, 0.29) is 0 Å². The second kappa shape index (κ2) is 5.47. The van der Waals surface area contributed by atoms with Crippen molar-refractivity contribution in [3.8, 4) is 0 Å². The largest absolute Gasteiger partial charge is 0.480 e. The molecule has 4 nitrogen and oxygen atoms in total. The zero-order chi connectivity index (χ0) is 11.4. The molecular formula is C11H22N2O2. The van der Waals surface area contributed by atoms with Gasteiger partial charge in [-0.1, -0.05) is 12.8 Å². The molecule has 0 amide bonds. The first-order valence-electron chi connectivity index (χ1n) is 5.72. The van der Waals surface area contributed by atoms with Crippen LogP contribution in [0.25, 0.3) is 0 Å². The fourth-order valence-corrected chi connectivity index (χ4v) is 2.46. The number of likely N-dealkylation sites (N-methyl/N-ethyl adjacent to an activating group) is 1. The van der Waals surface area contributed by atoms with Gasteiger partial charge in [0.15, 0.2) is 0 Å². The lowest BCUT2D eigenvalue weighted by atomic mass is 9.83. The van der Waals surface area contributed by atoms with Crippen LogP contribution in [0, 0.1) is 5.92 Å². The summed E-state index contributed by atoms with van der Waals surface area (Å²) in [7, 11) is 1.90. The molecule has 0 aromatic heterocycles. The van der Waals surface area contributed by atoms with Gasteiger partial charge in [0, 0.05) is 6.04 Å². The molecule has 1 aliphatic rings. The molecule has 0 saturated heterocycles. The highest BCUT2D eigenvalue weighted by Crippen LogP contribution is 2.28. The Morgan fingerprint density at radius 2 is 2.13 bits per heavy atom. The van der Waals surface area contributed by atoms with Crippen LogP contribution in [0.2, 0.25) is 0 Å². The zero-order valence-electron chi connectivity index (χ0n) is 9.65. The third-order valence-corrected chi connectivity index (χ3v) is 3.66. The van der Waals surface area contributed by atoms with E-state index in [4.69, 9.17) is 10.8 Å². The van der Waals surface area contributed by atoms with Gasteiger partial charge in [0.25, 0.3) is 0 Å². The van der Waals surface area contributed by atoms with E-state index >= 15 is 0 Å². The summed E-state index contributed by atoms with van der Waals surface area (Å²) in [6.45, 7) is 2.41. The van der Waals surface area contributed by atoms with Crippen molar-refractivity contribution in [3.05, 3.63) is 0 Å². The van der Waals surface area contributed by atoms with Crippen LogP contribution in [0.3, 0.4) is 0 Å². The summed E-state index contributed by atoms with van der Waals surface area (Å²) in [5.41, 5.74) is 5.73. The molecule has 0 aromatic carbocycles. The van der Waals surface area contributed by atoms with Crippen molar-refractivity contribution in [1.29, 1.82) is 0 Å². The van der Waals surface area contributed by atoms with Gasteiger partial charge in [0.1, 0.15) is 6.04 Å². The highest BCUT2D eigenvalue weighted by Gasteiger charge is 2.31. The van der Waals surface area contributed by atoms with Gasteiger partial charge in [-0.05, 0) is 39.3 Å². The molecule has 3 N–H and O–H groups in total. The fourth-order valence-electron chi connectivity index (χ4n) is 2.46. The average Bonchev–Trinajstić information content (AvgIpc) is 2.26. The lowest BCUT2D eigenvalue weighted by Crippen LogP contribution is -2.49. The van der Waals surface area contributed by atoms with Crippen molar-refractivity contribution in [1.82, 2.24) is 4.90 Å². The summed E-state index contributed by atoms with van der Waals surface area (Å²) in [5, 5.41) is 8.97. The van der Waals surface area contributed by atoms with Crippen LogP contribution in [0.15, 0.2) is 0 Å². The van der Waals surface area contributed by atoms with E-state index in [1.165, 1.54) is 12.8 Å². The van der Waals surface area contributed by atoms with Crippen LogP contribution in [0.5, 0.6) is 0 Å². The van der Waals surface area contributed by atoms with Gasteiger partial charge < -0.3 is 10.8 Å². The highest BCUT2D eigenvalue weighted by atomic mass is 16.4. The second-order valence-corrected chi connectivity index (χ2v) is 4.53. The molecule has 1 saturated carbocycles. The number of carboxylic acids is 1. The number of carbonyl (C=O) groups is 1. The summed E-state index contributed by atoms with van der Waals surface area (Å²) >= 11 is 0. The minimum absolute atomic E-state index is 0.342. The van der Waals surface area contributed by atoms with Gasteiger partial charge in [0.05, 0.1) is 0 Å². The maximum absolute atomic E-state index is 10.9. The number of nitrogens with zero attached hydrogens (tertiary/aromatic N) is 1. The summed E-state index contributed by atoms with van der Waals surface area (Å²) in [4.78, 5) is 12.9. The molecule has 0 radical (unpaired) electrons. The molecule has 3 atom stereocenters. The number of rotatable bonds is 4. The predicted octanol–water partition coefficient (Wildman–Crippen LogP) is 0.909. The molecule has 0 bridgehead atoms. The number of nitrogens with two attached hydrogens (primary N) is 1. The second-order valence-electron chi connectivity index (χ2n) is 4.53. The number of hydrogen-bond donors (Lipinski definition) is 2. The molecule has 1 rings (SSSR count). The summed E-state index contributed by atoms with van der Waals surface area (Å²) in [5.74, 6) is -0.288. The van der Waals surface area contributed by atoms with Crippen molar-refractivity contribution in [2.45, 2.75) is 44.7 Å². The van der Waals surface area contributed by atoms with E-state index < -0.39 is 12.0 Å². The standard InChI is InChI=1S/C11H22N2O2/c1-8(11(14)15)13(2)10-6-4-3-5-9(10)7-12/h8-10H,3-7,12H2,1-2H3,(H,14,15). The van der Waals surface area contributed by atoms with Crippen molar-refractivity contribution >= 4 is 5.97 Å². The zero-order valence-corrected chi connectivity index (χ0v) is 9.65. The average molecular weight is 214 g/mol. The molecule has 1 fully saturated rings. The van der Waals surface area contributed by atoms with Crippen molar-refractivity contribution < 1.29 is 9.90 Å². The van der Waals surface area contributed by atoms with Gasteiger partial charge in [-0.3, -0.25) is 9.69 Å². The molecule has 0 aromatic rings. The minimum Gasteiger partial charge on any atom is -0.480 e. The first-order chi connectivity index (χ1) is 7.07. The number of hydrogen-bond acceptors (Lipinski definition) is 3. The first kappa shape index (κ1) is 12.5. The Hall–Kier alpha value is -0.610. The Labute approximate surface area is 91.4 Å². The van der Waals surface area contributed by atoms with Crippen LogP contribution >= 0.6 is 0 Å². The Morgan fingerprint density at radius 1 is 1.53 bits per heavy atom. The molecule has 0 spiro atoms. The summed E-state index contributed by atoms with van der Waals surface area (Å²) in [6.07, 6.45) is 4.64. The topological polar surface area (TPSA) is 66.6 Å². The maximum atomic E-state index is 10.9. The quantitative estimate of drug-likeness (QED) is 0.730. The van der Waals surface area contributed by atoms with E-state index in [0.29, 0.717) is 18.5 Å². The molecule has 1 aliphatic carbocycles. The molecular weight excluding hydrogens is 192 g/mol. The van der Waals surface area contributed by atoms with Gasteiger partial charge in [0.2, 0.25) is 0 Å². The lowest BCUT2D eigenvalue weighted by Gasteiger charge is -2.39. The molecule has 3 unspecified atom stereocenters. The van der Waals surface area contributed by atoms with Crippen LogP contribution in [0.4, 0.5) is 0 Å². The number of aliphatic carboxylic acids is 1. The molecule has 0 heterocycles. The lowest BCUT2D eigenvalue weighted by molar-refractivity contribution is -0.143. The van der Waals surface area contributed by atoms with Crippen LogP contribution < -0.4 is 5.73 Å². The normalized spacial score (nSPS) is 29.1. The van der Waals surface area contributed by atoms with E-state index in [1.54, 1.807) is 6.92 Å². The smallest absolute Gasteiger partial charge is 0.320 e. The molecule has 4 heteroatoms. The van der Waals surface area contributed by atoms with Crippen LogP contribution in [-0.4, -0.2) is 41.7 Å². The third kappa shape index (κ3) is 2.92. The monoisotopic (exact) mass is 214 g/mol. The third-order valence-electron chi connectivity index (χ3n) is 3.66. The highest BCUT2D eigenvalue weighted by molar-refractivity contribution is 5.72. The molecule has 0 aliphatic heterocycles. The van der Waals surface area contributed by atoms with Crippen LogP contribution in [0.1, 0.15) is 32.6 Å². The Morgan fingerprint density at radius 3 is 2.67 bits per heavy atom. The van der Waals surface area contributed by atoms with Gasteiger partial charge >= 0.3 is 5.97 Å². The van der Waals surface area contributed by atoms with Crippen molar-refractivity contribution in [2.75, 3.05) is 13.6 Å². The molecule has 15 heavy (non-hydrogen) atoms. The first-order valence-corrected chi connectivity index (χ1v) is 5.72.